The molecule has 0 radical (unpaired) electrons. The van der Waals surface area contributed by atoms with Gasteiger partial charge >= 0.3 is 0 Å². The van der Waals surface area contributed by atoms with Gasteiger partial charge in [0.15, 0.2) is 0 Å². The largest absolute Gasteiger partial charge is 0.375 e. The molecular weight excluding hydrogens is 154 g/mol. The number of aliphatic hydroxyl groups excluding tert-OH is 1. The van der Waals surface area contributed by atoms with E-state index in [0.717, 1.165) is 0 Å². The molecule has 0 spiro atoms. The van der Waals surface area contributed by atoms with Crippen molar-refractivity contribution in [1.29, 1.82) is 0 Å². The fraction of sp³-hybridized carbons (Fsp3) is 0.500. The van der Waals surface area contributed by atoms with Gasteiger partial charge in [-0.2, -0.15) is 5.10 Å². The van der Waals surface area contributed by atoms with E-state index < -0.39 is 0 Å². The van der Waals surface area contributed by atoms with Crippen LogP contribution in [-0.4, -0.2) is 35.9 Å². The van der Waals surface area contributed by atoms with Crippen LogP contribution in [0.2, 0.25) is 0 Å². The van der Waals surface area contributed by atoms with Crippen molar-refractivity contribution in [2.45, 2.75) is 13.8 Å². The summed E-state index contributed by atoms with van der Waals surface area (Å²) in [5.41, 5.74) is 0. The number of aliphatic hydroxyl groups is 1. The maximum absolute atomic E-state index is 8.73. The van der Waals surface area contributed by atoms with Crippen LogP contribution >= 0.6 is 0 Å². The SMILES string of the molecule is C/C=C\C=NCN(CO)/N=C\C. The van der Waals surface area contributed by atoms with E-state index in [1.54, 1.807) is 19.4 Å². The molecule has 68 valence electrons. The Morgan fingerprint density at radius 1 is 1.42 bits per heavy atom. The Kier molecular flexibility index (Phi) is 7.17. The van der Waals surface area contributed by atoms with E-state index in [1.165, 1.54) is 5.01 Å². The predicted octanol–water partition coefficient (Wildman–Crippen LogP) is 0.848. The highest BCUT2D eigenvalue weighted by Crippen LogP contribution is 1.85. The first-order chi connectivity index (χ1) is 5.85. The number of nitrogens with zero attached hydrogens (tertiary/aromatic N) is 3. The molecule has 0 saturated carbocycles. The Balaban J connectivity index is 3.71. The topological polar surface area (TPSA) is 48.2 Å². The van der Waals surface area contributed by atoms with Crippen LogP contribution in [0.3, 0.4) is 0 Å². The van der Waals surface area contributed by atoms with Gasteiger partial charge in [0.2, 0.25) is 0 Å². The second kappa shape index (κ2) is 7.94. The van der Waals surface area contributed by atoms with Crippen molar-refractivity contribution in [2.75, 3.05) is 13.4 Å². The number of hydrazone groups is 1. The van der Waals surface area contributed by atoms with Gasteiger partial charge in [-0.25, -0.2) is 0 Å². The normalized spacial score (nSPS) is 12.2. The molecule has 4 heteroatoms. The lowest BCUT2D eigenvalue weighted by Gasteiger charge is -2.11. The Labute approximate surface area is 72.9 Å². The zero-order valence-electron chi connectivity index (χ0n) is 7.51. The van der Waals surface area contributed by atoms with Gasteiger partial charge in [-0.1, -0.05) is 6.08 Å². The van der Waals surface area contributed by atoms with Crippen LogP contribution in [-0.2, 0) is 0 Å². The lowest BCUT2D eigenvalue weighted by atomic mass is 10.6. The number of allylic oxidation sites excluding steroid dienone is 2. The molecule has 4 nitrogen and oxygen atoms in total. The molecule has 0 saturated heterocycles. The Hall–Kier alpha value is -1.16. The van der Waals surface area contributed by atoms with Crippen LogP contribution in [0.15, 0.2) is 22.2 Å². The van der Waals surface area contributed by atoms with E-state index in [-0.39, 0.29) is 6.73 Å². The van der Waals surface area contributed by atoms with E-state index >= 15 is 0 Å². The zero-order valence-corrected chi connectivity index (χ0v) is 7.51. The summed E-state index contributed by atoms with van der Waals surface area (Å²) in [5, 5.41) is 14.0. The van der Waals surface area contributed by atoms with E-state index in [4.69, 9.17) is 5.11 Å². The van der Waals surface area contributed by atoms with Crippen molar-refractivity contribution in [3.8, 4) is 0 Å². The van der Waals surface area contributed by atoms with Crippen LogP contribution in [0.5, 0.6) is 0 Å². The summed E-state index contributed by atoms with van der Waals surface area (Å²) in [5.74, 6) is 0. The number of rotatable bonds is 5. The van der Waals surface area contributed by atoms with Crippen LogP contribution in [0, 0.1) is 0 Å². The second-order valence-electron chi connectivity index (χ2n) is 2.02. The molecule has 0 aliphatic rings. The molecular formula is C8H15N3O. The first-order valence-corrected chi connectivity index (χ1v) is 3.80. The van der Waals surface area contributed by atoms with Crippen LogP contribution in [0.25, 0.3) is 0 Å². The number of hydrogen-bond donors (Lipinski definition) is 1. The smallest absolute Gasteiger partial charge is 0.133 e. The predicted molar refractivity (Wildman–Crippen MR) is 51.3 cm³/mol. The first-order valence-electron chi connectivity index (χ1n) is 3.80. The molecule has 12 heavy (non-hydrogen) atoms. The minimum absolute atomic E-state index is 0.114. The molecule has 0 amide bonds. The van der Waals surface area contributed by atoms with Gasteiger partial charge in [0, 0.05) is 12.4 Å². The maximum Gasteiger partial charge on any atom is 0.133 e. The summed E-state index contributed by atoms with van der Waals surface area (Å²) in [6.45, 7) is 3.97. The van der Waals surface area contributed by atoms with Crippen LogP contribution < -0.4 is 0 Å². The fourth-order valence-electron chi connectivity index (χ4n) is 0.569. The maximum atomic E-state index is 8.73. The fourth-order valence-corrected chi connectivity index (χ4v) is 0.569. The standard InChI is InChI=1S/C8H15N3O/c1-3-5-6-9-7-11(8-12)10-4-2/h3-6,12H,7-8H2,1-2H3/b5-3-,9-6?,10-4-. The van der Waals surface area contributed by atoms with Gasteiger partial charge in [-0.3, -0.25) is 10.0 Å². The van der Waals surface area contributed by atoms with Crippen LogP contribution in [0.1, 0.15) is 13.8 Å². The zero-order chi connectivity index (χ0) is 9.23. The van der Waals surface area contributed by atoms with Gasteiger partial charge in [0.25, 0.3) is 0 Å². The van der Waals surface area contributed by atoms with E-state index in [2.05, 4.69) is 10.1 Å². The number of aliphatic imine (C=N–C) groups is 1. The quantitative estimate of drug-likeness (QED) is 0.377. The highest BCUT2D eigenvalue weighted by atomic mass is 16.3. The van der Waals surface area contributed by atoms with Crippen molar-refractivity contribution in [3.63, 3.8) is 0 Å². The molecule has 0 unspecified atom stereocenters. The first kappa shape index (κ1) is 10.8. The molecule has 0 heterocycles. The van der Waals surface area contributed by atoms with Gasteiger partial charge in [-0.05, 0) is 19.9 Å². The Bertz CT molecular complexity index is 175. The molecule has 0 aliphatic heterocycles. The summed E-state index contributed by atoms with van der Waals surface area (Å²) < 4.78 is 0. The van der Waals surface area contributed by atoms with E-state index in [1.807, 2.05) is 19.1 Å². The summed E-state index contributed by atoms with van der Waals surface area (Å²) in [4.78, 5) is 3.99. The minimum atomic E-state index is -0.114. The highest BCUT2D eigenvalue weighted by Gasteiger charge is 1.91. The monoisotopic (exact) mass is 169 g/mol. The van der Waals surface area contributed by atoms with E-state index in [9.17, 15) is 0 Å². The Morgan fingerprint density at radius 2 is 2.17 bits per heavy atom. The Morgan fingerprint density at radius 3 is 2.67 bits per heavy atom. The molecule has 0 bridgehead atoms. The lowest BCUT2D eigenvalue weighted by molar-refractivity contribution is 0.115. The molecule has 0 aliphatic carbocycles. The molecule has 0 aromatic carbocycles. The van der Waals surface area contributed by atoms with Gasteiger partial charge in [-0.15, -0.1) is 0 Å². The summed E-state index contributed by atoms with van der Waals surface area (Å²) >= 11 is 0. The highest BCUT2D eigenvalue weighted by molar-refractivity contribution is 5.70. The summed E-state index contributed by atoms with van der Waals surface area (Å²) in [6, 6.07) is 0. The lowest BCUT2D eigenvalue weighted by Crippen LogP contribution is -2.18. The molecule has 1 N–H and O–H groups in total. The van der Waals surface area contributed by atoms with Crippen LogP contribution in [0.4, 0.5) is 0 Å². The molecule has 0 fully saturated rings. The van der Waals surface area contributed by atoms with Crippen molar-refractivity contribution in [1.82, 2.24) is 5.01 Å². The molecule has 0 atom stereocenters. The molecule has 0 aromatic heterocycles. The molecule has 0 aromatic rings. The van der Waals surface area contributed by atoms with Gasteiger partial charge in [0.1, 0.15) is 13.4 Å². The van der Waals surface area contributed by atoms with Gasteiger partial charge < -0.3 is 5.11 Å². The average molecular weight is 169 g/mol. The van der Waals surface area contributed by atoms with Crippen molar-refractivity contribution >= 4 is 12.4 Å². The number of hydrogen-bond acceptors (Lipinski definition) is 4. The minimum Gasteiger partial charge on any atom is -0.375 e. The van der Waals surface area contributed by atoms with Crippen molar-refractivity contribution in [3.05, 3.63) is 12.2 Å². The third kappa shape index (κ3) is 5.61. The third-order valence-electron chi connectivity index (χ3n) is 1.07. The van der Waals surface area contributed by atoms with Gasteiger partial charge in [0.05, 0.1) is 0 Å². The average Bonchev–Trinajstić information content (AvgIpc) is 2.10. The van der Waals surface area contributed by atoms with E-state index in [0.29, 0.717) is 6.67 Å². The third-order valence-corrected chi connectivity index (χ3v) is 1.07. The summed E-state index contributed by atoms with van der Waals surface area (Å²) in [6.07, 6.45) is 7.00. The summed E-state index contributed by atoms with van der Waals surface area (Å²) in [7, 11) is 0. The second-order valence-corrected chi connectivity index (χ2v) is 2.02. The molecule has 0 rings (SSSR count). The van der Waals surface area contributed by atoms with Crippen molar-refractivity contribution in [2.24, 2.45) is 10.1 Å². The van der Waals surface area contributed by atoms with Crippen molar-refractivity contribution < 1.29 is 5.11 Å².